The molecule has 0 bridgehead atoms. The van der Waals surface area contributed by atoms with Crippen molar-refractivity contribution in [2.45, 2.75) is 6.18 Å². The second-order valence-corrected chi connectivity index (χ2v) is 3.48. The summed E-state index contributed by atoms with van der Waals surface area (Å²) in [5, 5.41) is 8.97. The Balaban J connectivity index is 2.13. The summed E-state index contributed by atoms with van der Waals surface area (Å²) in [7, 11) is 0. The Kier molecular flexibility index (Phi) is 3.36. The number of nitrogens with zero attached hydrogens (tertiary/aromatic N) is 3. The number of para-hydroxylation sites is 1. The van der Waals surface area contributed by atoms with Gasteiger partial charge in [-0.25, -0.2) is 14.9 Å². The minimum absolute atomic E-state index is 0.333. The van der Waals surface area contributed by atoms with Crippen LogP contribution in [0.4, 0.5) is 23.7 Å². The summed E-state index contributed by atoms with van der Waals surface area (Å²) in [6, 6.07) is 3.84. The maximum absolute atomic E-state index is 12.7. The predicted molar refractivity (Wildman–Crippen MR) is 59.8 cm³/mol. The van der Waals surface area contributed by atoms with E-state index in [0.29, 0.717) is 0 Å². The fraction of sp³-hybridized carbons (Fsp3) is 0.100. The van der Waals surface area contributed by atoms with Gasteiger partial charge in [-0.15, -0.1) is 10.2 Å². The van der Waals surface area contributed by atoms with Gasteiger partial charge in [-0.05, 0) is 12.1 Å². The zero-order chi connectivity index (χ0) is 13.9. The van der Waals surface area contributed by atoms with Crippen molar-refractivity contribution >= 4 is 11.7 Å². The number of carbonyl (C=O) groups excluding carboxylic acids is 1. The molecule has 6 nitrogen and oxygen atoms in total. The van der Waals surface area contributed by atoms with Crippen LogP contribution >= 0.6 is 0 Å². The lowest BCUT2D eigenvalue weighted by atomic mass is 10.1. The second kappa shape index (κ2) is 4.96. The number of nitrogens with one attached hydrogen (secondary N) is 2. The molecule has 1 heterocycles. The minimum Gasteiger partial charge on any atom is -0.306 e. The largest absolute Gasteiger partial charge is 0.418 e. The monoisotopic (exact) mass is 271 g/mol. The first-order valence-corrected chi connectivity index (χ1v) is 5.05. The van der Waals surface area contributed by atoms with E-state index in [1.807, 2.05) is 0 Å². The summed E-state index contributed by atoms with van der Waals surface area (Å²) in [5.74, 6) is 0. The molecule has 0 aliphatic rings. The molecule has 2 amide bonds. The molecule has 0 saturated carbocycles. The molecule has 1 aromatic heterocycles. The summed E-state index contributed by atoms with van der Waals surface area (Å²) in [6.45, 7) is 0. The van der Waals surface area contributed by atoms with Crippen LogP contribution in [0.25, 0.3) is 0 Å². The molecular weight excluding hydrogens is 263 g/mol. The van der Waals surface area contributed by atoms with Crippen LogP contribution in [0.3, 0.4) is 0 Å². The van der Waals surface area contributed by atoms with E-state index in [4.69, 9.17) is 0 Å². The Morgan fingerprint density at radius 1 is 1.16 bits per heavy atom. The van der Waals surface area contributed by atoms with Gasteiger partial charge in [-0.1, -0.05) is 12.1 Å². The number of amides is 2. The molecule has 0 atom stereocenters. The van der Waals surface area contributed by atoms with Crippen LogP contribution in [0.5, 0.6) is 0 Å². The van der Waals surface area contributed by atoms with Gasteiger partial charge in [0.1, 0.15) is 12.7 Å². The van der Waals surface area contributed by atoms with Gasteiger partial charge in [0.2, 0.25) is 0 Å². The van der Waals surface area contributed by atoms with E-state index >= 15 is 0 Å². The Hall–Kier alpha value is -2.58. The molecule has 100 valence electrons. The van der Waals surface area contributed by atoms with Crippen molar-refractivity contribution in [2.24, 2.45) is 0 Å². The van der Waals surface area contributed by atoms with Crippen LogP contribution in [0.2, 0.25) is 0 Å². The third-order valence-corrected chi connectivity index (χ3v) is 2.13. The molecule has 0 unspecified atom stereocenters. The van der Waals surface area contributed by atoms with Crippen LogP contribution in [-0.2, 0) is 6.18 Å². The van der Waals surface area contributed by atoms with Crippen LogP contribution in [0, 0.1) is 0 Å². The molecular formula is C10H8F3N5O. The Bertz CT molecular complexity index is 567. The van der Waals surface area contributed by atoms with Crippen LogP contribution < -0.4 is 10.7 Å². The normalized spacial score (nSPS) is 11.1. The van der Waals surface area contributed by atoms with E-state index in [0.717, 1.165) is 16.8 Å². The van der Waals surface area contributed by atoms with E-state index in [1.54, 1.807) is 0 Å². The van der Waals surface area contributed by atoms with Gasteiger partial charge >= 0.3 is 12.2 Å². The van der Waals surface area contributed by atoms with Crippen LogP contribution in [0.1, 0.15) is 5.56 Å². The molecule has 19 heavy (non-hydrogen) atoms. The molecule has 9 heteroatoms. The minimum atomic E-state index is -4.54. The van der Waals surface area contributed by atoms with E-state index in [9.17, 15) is 18.0 Å². The van der Waals surface area contributed by atoms with Crippen molar-refractivity contribution in [2.75, 3.05) is 10.7 Å². The molecule has 0 saturated heterocycles. The number of anilines is 1. The molecule has 0 aliphatic carbocycles. The van der Waals surface area contributed by atoms with E-state index in [1.165, 1.54) is 24.8 Å². The molecule has 2 aromatic rings. The quantitative estimate of drug-likeness (QED) is 0.878. The number of carbonyl (C=O) groups is 1. The van der Waals surface area contributed by atoms with Gasteiger partial charge in [0.15, 0.2) is 0 Å². The summed E-state index contributed by atoms with van der Waals surface area (Å²) in [4.78, 5) is 11.5. The third-order valence-electron chi connectivity index (χ3n) is 2.13. The van der Waals surface area contributed by atoms with E-state index < -0.39 is 17.8 Å². The maximum Gasteiger partial charge on any atom is 0.418 e. The number of benzene rings is 1. The van der Waals surface area contributed by atoms with Crippen molar-refractivity contribution < 1.29 is 18.0 Å². The van der Waals surface area contributed by atoms with Crippen molar-refractivity contribution in [1.82, 2.24) is 14.9 Å². The SMILES string of the molecule is O=C(Nc1ccccc1C(F)(F)F)Nn1cnnc1. The van der Waals surface area contributed by atoms with Gasteiger partial charge < -0.3 is 5.32 Å². The predicted octanol–water partition coefficient (Wildman–Crippen LogP) is 2.07. The average Bonchev–Trinajstić information content (AvgIpc) is 2.81. The first kappa shape index (κ1) is 12.9. The van der Waals surface area contributed by atoms with Crippen molar-refractivity contribution in [3.05, 3.63) is 42.5 Å². The van der Waals surface area contributed by atoms with Gasteiger partial charge in [-0.2, -0.15) is 13.2 Å². The fourth-order valence-electron chi connectivity index (χ4n) is 1.37. The zero-order valence-corrected chi connectivity index (χ0v) is 9.35. The third kappa shape index (κ3) is 3.21. The molecule has 2 N–H and O–H groups in total. The molecule has 1 aromatic carbocycles. The average molecular weight is 271 g/mol. The van der Waals surface area contributed by atoms with Crippen molar-refractivity contribution in [1.29, 1.82) is 0 Å². The van der Waals surface area contributed by atoms with Gasteiger partial charge in [-0.3, -0.25) is 0 Å². The highest BCUT2D eigenvalue weighted by molar-refractivity contribution is 5.95. The number of halogens is 3. The first-order valence-electron chi connectivity index (χ1n) is 5.05. The standard InChI is InChI=1S/C10H8F3N5O/c11-10(12,13)7-3-1-2-4-8(7)16-9(19)17-18-5-14-15-6-18/h1-6H,(H2,16,17,19). The number of hydrogen-bond acceptors (Lipinski definition) is 3. The topological polar surface area (TPSA) is 71.8 Å². The Morgan fingerprint density at radius 3 is 2.42 bits per heavy atom. The summed E-state index contributed by atoms with van der Waals surface area (Å²) < 4.78 is 39.1. The van der Waals surface area contributed by atoms with E-state index in [-0.39, 0.29) is 5.69 Å². The van der Waals surface area contributed by atoms with E-state index in [2.05, 4.69) is 20.9 Å². The molecule has 2 rings (SSSR count). The Labute approximate surface area is 105 Å². The van der Waals surface area contributed by atoms with Gasteiger partial charge in [0, 0.05) is 0 Å². The fourth-order valence-corrected chi connectivity index (χ4v) is 1.37. The number of aromatic nitrogens is 3. The van der Waals surface area contributed by atoms with Gasteiger partial charge in [0.05, 0.1) is 11.3 Å². The molecule has 0 fully saturated rings. The maximum atomic E-state index is 12.7. The number of rotatable bonds is 2. The number of alkyl halides is 3. The van der Waals surface area contributed by atoms with Crippen LogP contribution in [-0.4, -0.2) is 20.9 Å². The summed E-state index contributed by atoms with van der Waals surface area (Å²) in [6.07, 6.45) is -2.16. The first-order chi connectivity index (χ1) is 8.97. The molecule has 0 spiro atoms. The highest BCUT2D eigenvalue weighted by Crippen LogP contribution is 2.34. The van der Waals surface area contributed by atoms with Crippen LogP contribution in [0.15, 0.2) is 36.9 Å². The lowest BCUT2D eigenvalue weighted by Gasteiger charge is -2.13. The lowest BCUT2D eigenvalue weighted by Crippen LogP contribution is -2.27. The zero-order valence-electron chi connectivity index (χ0n) is 9.35. The second-order valence-electron chi connectivity index (χ2n) is 3.48. The van der Waals surface area contributed by atoms with Crippen molar-refractivity contribution in [3.63, 3.8) is 0 Å². The molecule has 0 radical (unpaired) electrons. The Morgan fingerprint density at radius 2 is 1.79 bits per heavy atom. The van der Waals surface area contributed by atoms with Crippen molar-refractivity contribution in [3.8, 4) is 0 Å². The number of hydrogen-bond donors (Lipinski definition) is 2. The molecule has 0 aliphatic heterocycles. The number of urea groups is 1. The smallest absolute Gasteiger partial charge is 0.306 e. The lowest BCUT2D eigenvalue weighted by molar-refractivity contribution is -0.136. The summed E-state index contributed by atoms with van der Waals surface area (Å²) >= 11 is 0. The highest BCUT2D eigenvalue weighted by Gasteiger charge is 2.33. The highest BCUT2D eigenvalue weighted by atomic mass is 19.4. The summed E-state index contributed by atoms with van der Waals surface area (Å²) in [5.41, 5.74) is 0.968. The van der Waals surface area contributed by atoms with Gasteiger partial charge in [0.25, 0.3) is 0 Å².